The molecule has 0 amide bonds. The predicted octanol–water partition coefficient (Wildman–Crippen LogP) is 3.79. The van der Waals surface area contributed by atoms with Gasteiger partial charge in [0.05, 0.1) is 17.0 Å². The van der Waals surface area contributed by atoms with Crippen molar-refractivity contribution < 1.29 is 17.5 Å². The molecule has 0 saturated heterocycles. The minimum absolute atomic E-state index is 0.0417. The molecule has 0 atom stereocenters. The highest BCUT2D eigenvalue weighted by atomic mass is 32.2. The molecule has 3 heterocycles. The van der Waals surface area contributed by atoms with Gasteiger partial charge in [0.15, 0.2) is 10.7 Å². The summed E-state index contributed by atoms with van der Waals surface area (Å²) in [6.45, 7) is 3.15. The molecular formula is C18H16N4O4S2. The van der Waals surface area contributed by atoms with Crippen LogP contribution in [0.2, 0.25) is 0 Å². The van der Waals surface area contributed by atoms with Crippen molar-refractivity contribution in [2.24, 2.45) is 0 Å². The van der Waals surface area contributed by atoms with Crippen LogP contribution in [0, 0.1) is 13.8 Å². The van der Waals surface area contributed by atoms with Gasteiger partial charge >= 0.3 is 0 Å². The van der Waals surface area contributed by atoms with Crippen LogP contribution in [0.3, 0.4) is 0 Å². The number of hydrogen-bond donors (Lipinski definition) is 1. The molecule has 0 unspecified atom stereocenters. The molecule has 4 rings (SSSR count). The van der Waals surface area contributed by atoms with E-state index in [1.165, 1.54) is 11.3 Å². The Labute approximate surface area is 165 Å². The molecule has 10 heteroatoms. The Morgan fingerprint density at radius 2 is 1.89 bits per heavy atom. The van der Waals surface area contributed by atoms with Gasteiger partial charge in [-0.3, -0.25) is 4.72 Å². The fourth-order valence-corrected chi connectivity index (χ4v) is 4.91. The minimum atomic E-state index is -3.85. The van der Waals surface area contributed by atoms with Gasteiger partial charge in [0.25, 0.3) is 10.0 Å². The SMILES string of the molecule is Cc1noc(C)c1S(=O)(=O)Nc1ccccc1Cc1nc(-c2cccs2)no1. The van der Waals surface area contributed by atoms with Gasteiger partial charge in [-0.2, -0.15) is 4.98 Å². The van der Waals surface area contributed by atoms with E-state index in [-0.39, 0.29) is 10.7 Å². The first-order valence-electron chi connectivity index (χ1n) is 8.34. The van der Waals surface area contributed by atoms with Crippen molar-refractivity contribution >= 4 is 27.0 Å². The van der Waals surface area contributed by atoms with Gasteiger partial charge in [0, 0.05) is 0 Å². The smallest absolute Gasteiger partial charge is 0.267 e. The summed E-state index contributed by atoms with van der Waals surface area (Å²) in [7, 11) is -3.85. The zero-order chi connectivity index (χ0) is 19.7. The van der Waals surface area contributed by atoms with Crippen LogP contribution in [0.4, 0.5) is 5.69 Å². The van der Waals surface area contributed by atoms with Gasteiger partial charge in [0.2, 0.25) is 11.7 Å². The molecule has 0 aliphatic rings. The zero-order valence-corrected chi connectivity index (χ0v) is 16.7. The van der Waals surface area contributed by atoms with Gasteiger partial charge in [-0.15, -0.1) is 11.3 Å². The Morgan fingerprint density at radius 3 is 2.61 bits per heavy atom. The van der Waals surface area contributed by atoms with E-state index in [0.29, 0.717) is 35.1 Å². The van der Waals surface area contributed by atoms with Gasteiger partial charge in [-0.05, 0) is 36.9 Å². The van der Waals surface area contributed by atoms with Gasteiger partial charge in [-0.1, -0.05) is 34.6 Å². The molecule has 1 aromatic carbocycles. The molecule has 0 bridgehead atoms. The number of hydrogen-bond acceptors (Lipinski definition) is 8. The van der Waals surface area contributed by atoms with Crippen LogP contribution in [0.1, 0.15) is 22.9 Å². The molecule has 3 aromatic heterocycles. The number of para-hydroxylation sites is 1. The molecule has 0 fully saturated rings. The monoisotopic (exact) mass is 416 g/mol. The molecule has 28 heavy (non-hydrogen) atoms. The van der Waals surface area contributed by atoms with Crippen molar-refractivity contribution in [3.05, 3.63) is 64.7 Å². The lowest BCUT2D eigenvalue weighted by Crippen LogP contribution is -2.15. The molecule has 0 aliphatic heterocycles. The number of aromatic nitrogens is 3. The van der Waals surface area contributed by atoms with Crippen molar-refractivity contribution in [1.82, 2.24) is 15.3 Å². The van der Waals surface area contributed by atoms with Gasteiger partial charge in [-0.25, -0.2) is 8.42 Å². The standard InChI is InChI=1S/C18H16N4O4S2/c1-11-17(12(2)25-20-11)28(23,24)22-14-7-4-3-6-13(14)10-16-19-18(21-26-16)15-8-5-9-27-15/h3-9,22H,10H2,1-2H3. The molecular weight excluding hydrogens is 400 g/mol. The molecule has 0 aliphatic carbocycles. The largest absolute Gasteiger partial charge is 0.360 e. The lowest BCUT2D eigenvalue weighted by Gasteiger charge is -2.11. The quantitative estimate of drug-likeness (QED) is 0.509. The topological polar surface area (TPSA) is 111 Å². The second kappa shape index (κ2) is 7.21. The number of nitrogens with zero attached hydrogens (tertiary/aromatic N) is 3. The third kappa shape index (κ3) is 3.56. The summed E-state index contributed by atoms with van der Waals surface area (Å²) >= 11 is 1.52. The number of nitrogens with one attached hydrogen (secondary N) is 1. The summed E-state index contributed by atoms with van der Waals surface area (Å²) < 4.78 is 38.5. The Bertz CT molecular complexity index is 1190. The first-order chi connectivity index (χ1) is 13.4. The first kappa shape index (κ1) is 18.4. The summed E-state index contributed by atoms with van der Waals surface area (Å²) in [6.07, 6.45) is 0.290. The normalized spacial score (nSPS) is 11.6. The maximum absolute atomic E-state index is 12.8. The van der Waals surface area contributed by atoms with Crippen molar-refractivity contribution in [3.8, 4) is 10.7 Å². The summed E-state index contributed by atoms with van der Waals surface area (Å²) in [4.78, 5) is 5.34. The van der Waals surface area contributed by atoms with Crippen LogP contribution in [0.5, 0.6) is 0 Å². The lowest BCUT2D eigenvalue weighted by atomic mass is 10.1. The van der Waals surface area contributed by atoms with E-state index in [9.17, 15) is 8.42 Å². The van der Waals surface area contributed by atoms with Crippen molar-refractivity contribution in [2.45, 2.75) is 25.2 Å². The lowest BCUT2D eigenvalue weighted by molar-refractivity contribution is 0.386. The van der Waals surface area contributed by atoms with E-state index in [2.05, 4.69) is 20.0 Å². The molecule has 1 N–H and O–H groups in total. The maximum atomic E-state index is 12.8. The van der Waals surface area contributed by atoms with Crippen LogP contribution in [0.15, 0.2) is 55.7 Å². The number of sulfonamides is 1. The second-order valence-corrected chi connectivity index (χ2v) is 8.65. The third-order valence-corrected chi connectivity index (χ3v) is 6.52. The van der Waals surface area contributed by atoms with E-state index in [0.717, 1.165) is 4.88 Å². The van der Waals surface area contributed by atoms with E-state index in [1.807, 2.05) is 23.6 Å². The molecule has 0 spiro atoms. The Balaban J connectivity index is 1.61. The number of rotatable bonds is 6. The third-order valence-electron chi connectivity index (χ3n) is 4.05. The summed E-state index contributed by atoms with van der Waals surface area (Å²) in [6, 6.07) is 10.9. The first-order valence-corrected chi connectivity index (χ1v) is 10.7. The summed E-state index contributed by atoms with van der Waals surface area (Å²) in [5.74, 6) is 1.14. The molecule has 0 radical (unpaired) electrons. The number of thiophene rings is 1. The zero-order valence-electron chi connectivity index (χ0n) is 15.0. The highest BCUT2D eigenvalue weighted by molar-refractivity contribution is 7.92. The van der Waals surface area contributed by atoms with Crippen LogP contribution < -0.4 is 4.72 Å². The minimum Gasteiger partial charge on any atom is -0.360 e. The van der Waals surface area contributed by atoms with E-state index < -0.39 is 10.0 Å². The van der Waals surface area contributed by atoms with Gasteiger partial charge in [0.1, 0.15) is 5.69 Å². The molecule has 144 valence electrons. The fourth-order valence-electron chi connectivity index (χ4n) is 2.82. The Hall–Kier alpha value is -2.98. The van der Waals surface area contributed by atoms with Crippen molar-refractivity contribution in [3.63, 3.8) is 0 Å². The molecule has 4 aromatic rings. The van der Waals surface area contributed by atoms with Crippen molar-refractivity contribution in [1.29, 1.82) is 0 Å². The van der Waals surface area contributed by atoms with Crippen molar-refractivity contribution in [2.75, 3.05) is 4.72 Å². The molecule has 8 nitrogen and oxygen atoms in total. The highest BCUT2D eigenvalue weighted by Gasteiger charge is 2.25. The van der Waals surface area contributed by atoms with Crippen LogP contribution in [-0.2, 0) is 16.4 Å². The van der Waals surface area contributed by atoms with E-state index in [4.69, 9.17) is 9.05 Å². The van der Waals surface area contributed by atoms with E-state index in [1.54, 1.807) is 32.0 Å². The average molecular weight is 416 g/mol. The number of benzene rings is 1. The fraction of sp³-hybridized carbons (Fsp3) is 0.167. The Kier molecular flexibility index (Phi) is 4.73. The second-order valence-electron chi connectivity index (χ2n) is 6.08. The number of anilines is 1. The maximum Gasteiger partial charge on any atom is 0.267 e. The predicted molar refractivity (Wildman–Crippen MR) is 104 cm³/mol. The van der Waals surface area contributed by atoms with Crippen LogP contribution >= 0.6 is 11.3 Å². The average Bonchev–Trinajstić information content (AvgIpc) is 3.38. The Morgan fingerprint density at radius 1 is 1.07 bits per heavy atom. The van der Waals surface area contributed by atoms with E-state index >= 15 is 0 Å². The van der Waals surface area contributed by atoms with Crippen LogP contribution in [0.25, 0.3) is 10.7 Å². The number of aryl methyl sites for hydroxylation is 2. The highest BCUT2D eigenvalue weighted by Crippen LogP contribution is 2.26. The van der Waals surface area contributed by atoms with Gasteiger partial charge < -0.3 is 9.05 Å². The summed E-state index contributed by atoms with van der Waals surface area (Å²) in [5.41, 5.74) is 1.44. The van der Waals surface area contributed by atoms with Crippen LogP contribution in [-0.4, -0.2) is 23.7 Å². The summed E-state index contributed by atoms with van der Waals surface area (Å²) in [5, 5.41) is 9.64. The molecule has 0 saturated carbocycles.